The van der Waals surface area contributed by atoms with Crippen LogP contribution in [-0.2, 0) is 14.8 Å². The molecule has 28 heavy (non-hydrogen) atoms. The second kappa shape index (κ2) is 9.71. The maximum atomic E-state index is 11.8. The number of rotatable bonds is 9. The average Bonchev–Trinajstić information content (AvgIpc) is 2.67. The van der Waals surface area contributed by atoms with Crippen LogP contribution in [0.25, 0.3) is 11.1 Å². The maximum Gasteiger partial charge on any atom is 0.338 e. The van der Waals surface area contributed by atoms with E-state index in [0.717, 1.165) is 11.1 Å². The average molecular weight is 406 g/mol. The Hall–Kier alpha value is -2.38. The molecule has 1 unspecified atom stereocenters. The van der Waals surface area contributed by atoms with Gasteiger partial charge in [0.15, 0.2) is 0 Å². The van der Waals surface area contributed by atoms with Gasteiger partial charge in [-0.1, -0.05) is 24.3 Å². The third-order valence-electron chi connectivity index (χ3n) is 4.11. The van der Waals surface area contributed by atoms with Crippen LogP contribution in [0.3, 0.4) is 0 Å². The predicted molar refractivity (Wildman–Crippen MR) is 110 cm³/mol. The van der Waals surface area contributed by atoms with Gasteiger partial charge in [0, 0.05) is 6.54 Å². The fourth-order valence-corrected chi connectivity index (χ4v) is 3.21. The quantitative estimate of drug-likeness (QED) is 0.644. The summed E-state index contributed by atoms with van der Waals surface area (Å²) in [5.41, 5.74) is 2.47. The van der Waals surface area contributed by atoms with Gasteiger partial charge >= 0.3 is 5.97 Å². The van der Waals surface area contributed by atoms with Crippen molar-refractivity contribution in [3.8, 4) is 16.9 Å². The molecule has 1 atom stereocenters. The first kappa shape index (κ1) is 21.9. The van der Waals surface area contributed by atoms with Crippen molar-refractivity contribution in [3.05, 3.63) is 54.1 Å². The molecule has 7 heteroatoms. The molecule has 0 aliphatic heterocycles. The van der Waals surface area contributed by atoms with Crippen molar-refractivity contribution in [1.29, 1.82) is 0 Å². The van der Waals surface area contributed by atoms with Gasteiger partial charge in [0.25, 0.3) is 0 Å². The molecular weight excluding hydrogens is 378 g/mol. The van der Waals surface area contributed by atoms with Crippen molar-refractivity contribution < 1.29 is 22.7 Å². The summed E-state index contributed by atoms with van der Waals surface area (Å²) in [4.78, 5) is 11.7. The van der Waals surface area contributed by atoms with E-state index < -0.39 is 15.3 Å². The van der Waals surface area contributed by atoms with Crippen molar-refractivity contribution in [1.82, 2.24) is 4.72 Å². The third-order valence-corrected chi connectivity index (χ3v) is 5.92. The Kier molecular flexibility index (Phi) is 7.60. The van der Waals surface area contributed by atoms with Gasteiger partial charge in [-0.2, -0.15) is 0 Å². The Labute approximate surface area is 166 Å². The molecule has 0 amide bonds. The van der Waals surface area contributed by atoms with E-state index in [-0.39, 0.29) is 18.6 Å². The minimum Gasteiger partial charge on any atom is -0.489 e. The lowest BCUT2D eigenvalue weighted by Crippen LogP contribution is -2.37. The normalized spacial score (nSPS) is 12.6. The molecule has 0 radical (unpaired) electrons. The van der Waals surface area contributed by atoms with Crippen LogP contribution in [-0.4, -0.2) is 38.9 Å². The number of carbonyl (C=O) groups is 1. The van der Waals surface area contributed by atoms with Crippen molar-refractivity contribution in [2.24, 2.45) is 0 Å². The number of benzene rings is 2. The molecule has 0 aliphatic rings. The van der Waals surface area contributed by atoms with E-state index in [1.807, 2.05) is 43.3 Å². The number of hydrogen-bond donors (Lipinski definition) is 1. The molecule has 2 rings (SSSR count). The molecule has 6 nitrogen and oxygen atoms in total. The summed E-state index contributed by atoms with van der Waals surface area (Å²) in [6.45, 7) is 7.40. The van der Waals surface area contributed by atoms with Gasteiger partial charge in [-0.05, 0) is 63.1 Å². The van der Waals surface area contributed by atoms with Crippen molar-refractivity contribution in [2.45, 2.75) is 39.0 Å². The second-order valence-corrected chi connectivity index (χ2v) is 9.01. The summed E-state index contributed by atoms with van der Waals surface area (Å²) in [7, 11) is -3.30. The number of nitrogens with one attached hydrogen (secondary N) is 1. The first-order valence-electron chi connectivity index (χ1n) is 9.25. The van der Waals surface area contributed by atoms with Crippen LogP contribution in [0.1, 0.15) is 38.1 Å². The zero-order valence-corrected chi connectivity index (χ0v) is 17.5. The van der Waals surface area contributed by atoms with Crippen molar-refractivity contribution >= 4 is 16.0 Å². The van der Waals surface area contributed by atoms with Crippen LogP contribution in [0.5, 0.6) is 5.75 Å². The topological polar surface area (TPSA) is 81.7 Å². The van der Waals surface area contributed by atoms with Gasteiger partial charge in [-0.15, -0.1) is 0 Å². The fourth-order valence-electron chi connectivity index (χ4n) is 2.41. The highest BCUT2D eigenvalue weighted by atomic mass is 32.2. The number of hydrogen-bond acceptors (Lipinski definition) is 5. The van der Waals surface area contributed by atoms with E-state index in [9.17, 15) is 13.2 Å². The highest BCUT2D eigenvalue weighted by Gasteiger charge is 2.17. The largest absolute Gasteiger partial charge is 0.489 e. The SMILES string of the molecule is CCOC(=O)c1ccc(-c2ccc(OC(C)CNS(=O)(=O)C(C)C)cc2)cc1. The van der Waals surface area contributed by atoms with E-state index in [1.165, 1.54) is 0 Å². The number of carbonyl (C=O) groups excluding carboxylic acids is 1. The summed E-state index contributed by atoms with van der Waals surface area (Å²) < 4.78 is 36.9. The van der Waals surface area contributed by atoms with E-state index >= 15 is 0 Å². The van der Waals surface area contributed by atoms with Gasteiger partial charge in [0.05, 0.1) is 17.4 Å². The van der Waals surface area contributed by atoms with Gasteiger partial charge < -0.3 is 9.47 Å². The second-order valence-electron chi connectivity index (χ2n) is 6.69. The molecule has 0 aromatic heterocycles. The maximum absolute atomic E-state index is 11.8. The zero-order valence-electron chi connectivity index (χ0n) is 16.6. The van der Waals surface area contributed by atoms with Crippen molar-refractivity contribution in [3.63, 3.8) is 0 Å². The monoisotopic (exact) mass is 405 g/mol. The molecular formula is C21H27NO5S. The summed E-state index contributed by atoms with van der Waals surface area (Å²) in [5.74, 6) is 0.322. The fraction of sp³-hybridized carbons (Fsp3) is 0.381. The van der Waals surface area contributed by atoms with E-state index in [0.29, 0.717) is 17.9 Å². The Balaban J connectivity index is 1.97. The highest BCUT2D eigenvalue weighted by Crippen LogP contribution is 2.23. The molecule has 0 bridgehead atoms. The van der Waals surface area contributed by atoms with E-state index in [1.54, 1.807) is 32.9 Å². The Morgan fingerprint density at radius 1 is 0.964 bits per heavy atom. The van der Waals surface area contributed by atoms with Crippen LogP contribution >= 0.6 is 0 Å². The van der Waals surface area contributed by atoms with Gasteiger partial charge in [0.1, 0.15) is 11.9 Å². The number of sulfonamides is 1. The van der Waals surface area contributed by atoms with Crippen LogP contribution < -0.4 is 9.46 Å². The lowest BCUT2D eigenvalue weighted by Gasteiger charge is -2.17. The van der Waals surface area contributed by atoms with E-state index in [4.69, 9.17) is 9.47 Å². The molecule has 0 spiro atoms. The molecule has 152 valence electrons. The summed E-state index contributed by atoms with van der Waals surface area (Å²) in [6.07, 6.45) is -0.303. The zero-order chi connectivity index (χ0) is 20.7. The molecule has 0 aliphatic carbocycles. The van der Waals surface area contributed by atoms with Gasteiger partial charge in [-0.3, -0.25) is 0 Å². The molecule has 0 fully saturated rings. The molecule has 2 aromatic carbocycles. The van der Waals surface area contributed by atoms with Crippen molar-refractivity contribution in [2.75, 3.05) is 13.2 Å². The van der Waals surface area contributed by atoms with Crippen LogP contribution in [0.15, 0.2) is 48.5 Å². The Morgan fingerprint density at radius 2 is 1.50 bits per heavy atom. The minimum atomic E-state index is -3.30. The summed E-state index contributed by atoms with van der Waals surface area (Å²) >= 11 is 0. The Morgan fingerprint density at radius 3 is 2.00 bits per heavy atom. The molecule has 1 N–H and O–H groups in total. The van der Waals surface area contributed by atoms with Gasteiger partial charge in [0.2, 0.25) is 10.0 Å². The van der Waals surface area contributed by atoms with Crippen LogP contribution in [0, 0.1) is 0 Å². The minimum absolute atomic E-state index is 0.206. The van der Waals surface area contributed by atoms with Crippen LogP contribution in [0.4, 0.5) is 0 Å². The molecule has 0 saturated heterocycles. The predicted octanol–water partition coefficient (Wildman–Crippen LogP) is 3.63. The highest BCUT2D eigenvalue weighted by molar-refractivity contribution is 7.90. The molecule has 0 heterocycles. The number of esters is 1. The standard InChI is InChI=1S/C21H27NO5S/c1-5-26-21(23)19-8-6-17(7-9-19)18-10-12-20(13-11-18)27-16(4)14-22-28(24,25)15(2)3/h6-13,15-16,22H,5,14H2,1-4H3. The lowest BCUT2D eigenvalue weighted by molar-refractivity contribution is 0.0526. The molecule has 0 saturated carbocycles. The lowest BCUT2D eigenvalue weighted by atomic mass is 10.0. The van der Waals surface area contributed by atoms with E-state index in [2.05, 4.69) is 4.72 Å². The summed E-state index contributed by atoms with van der Waals surface area (Å²) in [5, 5.41) is -0.478. The third kappa shape index (κ3) is 6.07. The Bertz CT molecular complexity index is 874. The first-order valence-corrected chi connectivity index (χ1v) is 10.8. The van der Waals surface area contributed by atoms with Gasteiger partial charge in [-0.25, -0.2) is 17.9 Å². The molecule has 2 aromatic rings. The van der Waals surface area contributed by atoms with Crippen LogP contribution in [0.2, 0.25) is 0 Å². The smallest absolute Gasteiger partial charge is 0.338 e. The number of ether oxygens (including phenoxy) is 2. The summed E-state index contributed by atoms with van der Waals surface area (Å²) in [6, 6.07) is 14.7. The first-order chi connectivity index (χ1) is 13.2.